The van der Waals surface area contributed by atoms with Gasteiger partial charge < -0.3 is 24.8 Å². The number of pyridine rings is 1. The number of nitrogens with zero attached hydrogens (tertiary/aromatic N) is 2. The van der Waals surface area contributed by atoms with Crippen LogP contribution in [0.25, 0.3) is 0 Å². The van der Waals surface area contributed by atoms with Crippen molar-refractivity contribution in [2.45, 2.75) is 39.5 Å². The number of halogens is 2. The fourth-order valence-corrected chi connectivity index (χ4v) is 2.87. The second-order valence-corrected chi connectivity index (χ2v) is 7.09. The van der Waals surface area contributed by atoms with E-state index in [1.54, 1.807) is 38.4 Å². The zero-order chi connectivity index (χ0) is 22.1. The topological polar surface area (TPSA) is 77.0 Å². The van der Waals surface area contributed by atoms with Crippen LogP contribution < -0.4 is 24.8 Å². The summed E-state index contributed by atoms with van der Waals surface area (Å²) in [5.41, 5.74) is 1.50. The standard InChI is InChI=1S/C22H28F2N4O3/c1-3-29-18-6-4-5-17(20(18)31-21(23)24)13-28-22(25-2)27-12-16-9-10-19(26-11-16)30-14-15-7-8-15/h4-6,9-11,15,21H,3,7-8,12-14H2,1-2H3,(H2,25,27,28). The number of benzene rings is 1. The van der Waals surface area contributed by atoms with Gasteiger partial charge in [0.25, 0.3) is 0 Å². The number of guanidine groups is 1. The largest absolute Gasteiger partial charge is 0.490 e. The van der Waals surface area contributed by atoms with Gasteiger partial charge in [0.15, 0.2) is 17.5 Å². The van der Waals surface area contributed by atoms with Crippen LogP contribution in [0.4, 0.5) is 8.78 Å². The normalized spacial score (nSPS) is 13.8. The molecule has 9 heteroatoms. The second-order valence-electron chi connectivity index (χ2n) is 7.09. The Morgan fingerprint density at radius 2 is 1.97 bits per heavy atom. The minimum Gasteiger partial charge on any atom is -0.490 e. The first kappa shape index (κ1) is 22.6. The van der Waals surface area contributed by atoms with Gasteiger partial charge in [-0.05, 0) is 37.3 Å². The first-order valence-corrected chi connectivity index (χ1v) is 10.3. The van der Waals surface area contributed by atoms with Gasteiger partial charge in [-0.1, -0.05) is 18.2 Å². The number of hydrogen-bond acceptors (Lipinski definition) is 5. The zero-order valence-corrected chi connectivity index (χ0v) is 17.7. The van der Waals surface area contributed by atoms with Crippen LogP contribution in [0.3, 0.4) is 0 Å². The summed E-state index contributed by atoms with van der Waals surface area (Å²) in [6.07, 6.45) is 4.22. The van der Waals surface area contributed by atoms with E-state index in [2.05, 4.69) is 20.6 Å². The highest BCUT2D eigenvalue weighted by atomic mass is 19.3. The van der Waals surface area contributed by atoms with Crippen LogP contribution in [-0.4, -0.2) is 37.8 Å². The Bertz CT molecular complexity index is 858. The third kappa shape index (κ3) is 7.27. The predicted molar refractivity (Wildman–Crippen MR) is 114 cm³/mol. The molecule has 7 nitrogen and oxygen atoms in total. The highest BCUT2D eigenvalue weighted by Gasteiger charge is 2.22. The number of hydrogen-bond donors (Lipinski definition) is 2. The van der Waals surface area contributed by atoms with E-state index < -0.39 is 6.61 Å². The lowest BCUT2D eigenvalue weighted by atomic mass is 10.2. The van der Waals surface area contributed by atoms with E-state index in [0.717, 1.165) is 12.2 Å². The molecule has 0 atom stereocenters. The van der Waals surface area contributed by atoms with Crippen molar-refractivity contribution >= 4 is 5.96 Å². The molecule has 0 spiro atoms. The lowest BCUT2D eigenvalue weighted by Gasteiger charge is -2.17. The summed E-state index contributed by atoms with van der Waals surface area (Å²) < 4.78 is 41.5. The minimum absolute atomic E-state index is 0.0216. The smallest absolute Gasteiger partial charge is 0.387 e. The summed E-state index contributed by atoms with van der Waals surface area (Å²) in [6.45, 7) is 0.635. The van der Waals surface area contributed by atoms with Gasteiger partial charge in [-0.25, -0.2) is 4.98 Å². The van der Waals surface area contributed by atoms with Gasteiger partial charge in [0.2, 0.25) is 5.88 Å². The first-order valence-electron chi connectivity index (χ1n) is 10.3. The third-order valence-electron chi connectivity index (χ3n) is 4.66. The van der Waals surface area contributed by atoms with Gasteiger partial charge in [0.05, 0.1) is 13.2 Å². The van der Waals surface area contributed by atoms with E-state index in [1.165, 1.54) is 12.8 Å². The van der Waals surface area contributed by atoms with Crippen LogP contribution >= 0.6 is 0 Å². The Morgan fingerprint density at radius 1 is 1.16 bits per heavy atom. The van der Waals surface area contributed by atoms with Crippen LogP contribution in [0.15, 0.2) is 41.5 Å². The highest BCUT2D eigenvalue weighted by molar-refractivity contribution is 5.79. The molecule has 0 unspecified atom stereocenters. The molecule has 2 N–H and O–H groups in total. The summed E-state index contributed by atoms with van der Waals surface area (Å²) in [4.78, 5) is 8.49. The first-order chi connectivity index (χ1) is 15.1. The molecular formula is C22H28F2N4O3. The fraction of sp³-hybridized carbons (Fsp3) is 0.455. The summed E-state index contributed by atoms with van der Waals surface area (Å²) in [5.74, 6) is 2.12. The molecule has 1 aromatic carbocycles. The van der Waals surface area contributed by atoms with Gasteiger partial charge in [-0.2, -0.15) is 8.78 Å². The molecule has 3 rings (SSSR count). The molecule has 0 amide bonds. The Balaban J connectivity index is 1.53. The third-order valence-corrected chi connectivity index (χ3v) is 4.66. The summed E-state index contributed by atoms with van der Waals surface area (Å²) in [6, 6.07) is 8.82. The van der Waals surface area contributed by atoms with Crippen LogP contribution in [0.5, 0.6) is 17.4 Å². The molecule has 1 saturated carbocycles. The van der Waals surface area contributed by atoms with Gasteiger partial charge in [-0.3, -0.25) is 4.99 Å². The Morgan fingerprint density at radius 3 is 2.61 bits per heavy atom. The predicted octanol–water partition coefficient (Wildman–Crippen LogP) is 3.74. The summed E-state index contributed by atoms with van der Waals surface area (Å²) in [7, 11) is 1.63. The molecule has 1 aliphatic carbocycles. The number of alkyl halides is 2. The van der Waals surface area contributed by atoms with Crippen molar-refractivity contribution in [1.29, 1.82) is 0 Å². The molecule has 31 heavy (non-hydrogen) atoms. The van der Waals surface area contributed by atoms with Gasteiger partial charge in [0.1, 0.15) is 0 Å². The van der Waals surface area contributed by atoms with Crippen molar-refractivity contribution in [3.8, 4) is 17.4 Å². The molecule has 0 radical (unpaired) electrons. The van der Waals surface area contributed by atoms with E-state index in [1.807, 2.05) is 12.1 Å². The van der Waals surface area contributed by atoms with Crippen molar-refractivity contribution < 1.29 is 23.0 Å². The lowest BCUT2D eigenvalue weighted by Crippen LogP contribution is -2.36. The average Bonchev–Trinajstić information content (AvgIpc) is 3.59. The van der Waals surface area contributed by atoms with E-state index in [-0.39, 0.29) is 18.0 Å². The molecule has 1 heterocycles. The number of nitrogens with one attached hydrogen (secondary N) is 2. The molecule has 0 aliphatic heterocycles. The van der Waals surface area contributed by atoms with E-state index in [4.69, 9.17) is 14.2 Å². The zero-order valence-electron chi connectivity index (χ0n) is 17.7. The molecule has 0 bridgehead atoms. The molecule has 0 saturated heterocycles. The molecular weight excluding hydrogens is 406 g/mol. The minimum atomic E-state index is -2.94. The van der Waals surface area contributed by atoms with Crippen molar-refractivity contribution in [3.05, 3.63) is 47.7 Å². The maximum Gasteiger partial charge on any atom is 0.387 e. The summed E-state index contributed by atoms with van der Waals surface area (Å²) >= 11 is 0. The lowest BCUT2D eigenvalue weighted by molar-refractivity contribution is -0.0520. The molecule has 1 aliphatic rings. The van der Waals surface area contributed by atoms with Gasteiger partial charge in [0, 0.05) is 38.0 Å². The number of aliphatic imine (C=N–C) groups is 1. The SMILES string of the molecule is CCOc1cccc(CNC(=NC)NCc2ccc(OCC3CC3)nc2)c1OC(F)F. The number of para-hydroxylation sites is 1. The van der Waals surface area contributed by atoms with Crippen molar-refractivity contribution in [1.82, 2.24) is 15.6 Å². The van der Waals surface area contributed by atoms with Crippen LogP contribution in [0, 0.1) is 5.92 Å². The van der Waals surface area contributed by atoms with Crippen LogP contribution in [0.2, 0.25) is 0 Å². The Hall–Kier alpha value is -3.10. The Kier molecular flexibility index (Phi) is 8.26. The molecule has 168 valence electrons. The van der Waals surface area contributed by atoms with Crippen molar-refractivity contribution in [3.63, 3.8) is 0 Å². The number of aromatic nitrogens is 1. The van der Waals surface area contributed by atoms with Crippen molar-refractivity contribution in [2.24, 2.45) is 10.9 Å². The summed E-state index contributed by atoms with van der Waals surface area (Å²) in [5, 5.41) is 6.28. The van der Waals surface area contributed by atoms with E-state index in [0.29, 0.717) is 36.5 Å². The second kappa shape index (κ2) is 11.3. The molecule has 1 aromatic heterocycles. The van der Waals surface area contributed by atoms with Crippen LogP contribution in [0.1, 0.15) is 30.9 Å². The maximum atomic E-state index is 12.9. The Labute approximate surface area is 180 Å². The highest BCUT2D eigenvalue weighted by Crippen LogP contribution is 2.32. The van der Waals surface area contributed by atoms with E-state index >= 15 is 0 Å². The van der Waals surface area contributed by atoms with Crippen molar-refractivity contribution in [2.75, 3.05) is 20.3 Å². The molecule has 1 fully saturated rings. The quantitative estimate of drug-likeness (QED) is 0.415. The monoisotopic (exact) mass is 434 g/mol. The van der Waals surface area contributed by atoms with Gasteiger partial charge >= 0.3 is 6.61 Å². The fourth-order valence-electron chi connectivity index (χ4n) is 2.87. The number of rotatable bonds is 11. The van der Waals surface area contributed by atoms with E-state index in [9.17, 15) is 8.78 Å². The molecule has 2 aromatic rings. The van der Waals surface area contributed by atoms with Crippen LogP contribution in [-0.2, 0) is 13.1 Å². The average molecular weight is 434 g/mol. The van der Waals surface area contributed by atoms with Gasteiger partial charge in [-0.15, -0.1) is 0 Å². The number of ether oxygens (including phenoxy) is 3. The maximum absolute atomic E-state index is 12.9.